The van der Waals surface area contributed by atoms with Crippen molar-refractivity contribution >= 4 is 39.8 Å². The third kappa shape index (κ3) is 2.19. The fourth-order valence-corrected chi connectivity index (χ4v) is 2.23. The Labute approximate surface area is 109 Å². The first-order valence-electron chi connectivity index (χ1n) is 4.32. The summed E-state index contributed by atoms with van der Waals surface area (Å²) in [4.78, 5) is 14.5. The van der Waals surface area contributed by atoms with Crippen molar-refractivity contribution in [2.75, 3.05) is 0 Å². The first kappa shape index (κ1) is 11.4. The van der Waals surface area contributed by atoms with E-state index in [-0.39, 0.29) is 5.69 Å². The highest BCUT2D eigenvalue weighted by Crippen LogP contribution is 2.26. The second kappa shape index (κ2) is 4.42. The molecule has 5 nitrogen and oxygen atoms in total. The van der Waals surface area contributed by atoms with E-state index < -0.39 is 4.92 Å². The summed E-state index contributed by atoms with van der Waals surface area (Å²) in [6.07, 6.45) is 0. The van der Waals surface area contributed by atoms with Gasteiger partial charge in [0.2, 0.25) is 0 Å². The molecule has 0 amide bonds. The Hall–Kier alpha value is -1.09. The predicted molar refractivity (Wildman–Crippen MR) is 69.5 cm³/mol. The molecule has 0 unspecified atom stereocenters. The second-order valence-corrected chi connectivity index (χ2v) is 5.63. The van der Waals surface area contributed by atoms with Gasteiger partial charge in [0, 0.05) is 17.7 Å². The number of nitro benzene ring substituents is 1. The molecule has 0 aliphatic heterocycles. The summed E-state index contributed by atoms with van der Waals surface area (Å²) in [5.41, 5.74) is 1.71. The van der Waals surface area contributed by atoms with Crippen molar-refractivity contribution in [1.29, 1.82) is 0 Å². The number of nitro groups is 1. The molecule has 1 heterocycles. The lowest BCUT2D eigenvalue weighted by Gasteiger charge is -2.00. The Morgan fingerprint density at radius 3 is 2.81 bits per heavy atom. The maximum Gasteiger partial charge on any atom is 0.270 e. The monoisotopic (exact) mass is 347 g/mol. The molecule has 0 radical (unpaired) electrons. The van der Waals surface area contributed by atoms with Crippen LogP contribution in [0.2, 0.25) is 0 Å². The average molecular weight is 347 g/mol. The van der Waals surface area contributed by atoms with E-state index in [2.05, 4.69) is 31.9 Å². The molecule has 0 aliphatic carbocycles. The van der Waals surface area contributed by atoms with Gasteiger partial charge in [0.1, 0.15) is 0 Å². The normalized spacial score (nSPS) is 10.4. The van der Waals surface area contributed by atoms with Gasteiger partial charge in [-0.15, -0.1) is 0 Å². The van der Waals surface area contributed by atoms with Crippen LogP contribution in [0.15, 0.2) is 18.2 Å². The minimum atomic E-state index is -0.416. The lowest BCUT2D eigenvalue weighted by Crippen LogP contribution is -1.91. The molecule has 82 valence electrons. The SMILES string of the molecule is Cc1ccc([N+](=O)[O-])cc1-c1nsc(I)n1. The van der Waals surface area contributed by atoms with Crippen molar-refractivity contribution in [3.8, 4) is 11.4 Å². The highest BCUT2D eigenvalue weighted by molar-refractivity contribution is 14.1. The van der Waals surface area contributed by atoms with E-state index in [0.29, 0.717) is 11.4 Å². The Morgan fingerprint density at radius 2 is 2.25 bits per heavy atom. The molecule has 0 saturated heterocycles. The Morgan fingerprint density at radius 1 is 1.50 bits per heavy atom. The van der Waals surface area contributed by atoms with Crippen LogP contribution in [-0.4, -0.2) is 14.3 Å². The van der Waals surface area contributed by atoms with Crippen LogP contribution in [0, 0.1) is 20.1 Å². The van der Waals surface area contributed by atoms with Crippen molar-refractivity contribution in [3.63, 3.8) is 0 Å². The van der Waals surface area contributed by atoms with Crippen molar-refractivity contribution in [2.45, 2.75) is 6.92 Å². The molecule has 16 heavy (non-hydrogen) atoms. The van der Waals surface area contributed by atoms with Crippen LogP contribution in [0.3, 0.4) is 0 Å². The Bertz CT molecular complexity index is 555. The summed E-state index contributed by atoms with van der Waals surface area (Å²) in [5.74, 6) is 0.551. The zero-order chi connectivity index (χ0) is 11.7. The maximum atomic E-state index is 10.7. The van der Waals surface area contributed by atoms with Crippen molar-refractivity contribution < 1.29 is 4.92 Å². The molecule has 0 aliphatic rings. The first-order valence-corrected chi connectivity index (χ1v) is 6.18. The van der Waals surface area contributed by atoms with Crippen molar-refractivity contribution in [1.82, 2.24) is 9.36 Å². The van der Waals surface area contributed by atoms with Crippen molar-refractivity contribution in [3.05, 3.63) is 36.9 Å². The number of non-ortho nitro benzene ring substituents is 1. The standard InChI is InChI=1S/C9H6IN3O2S/c1-5-2-3-6(13(14)15)4-7(5)8-11-9(10)16-12-8/h2-4H,1H3. The number of rotatable bonds is 2. The number of nitrogens with zero attached hydrogens (tertiary/aromatic N) is 3. The highest BCUT2D eigenvalue weighted by atomic mass is 127. The third-order valence-corrected chi connectivity index (χ3v) is 3.41. The number of hydrogen-bond acceptors (Lipinski definition) is 5. The van der Waals surface area contributed by atoms with Crippen molar-refractivity contribution in [2.24, 2.45) is 0 Å². The molecule has 0 atom stereocenters. The molecule has 2 rings (SSSR count). The van der Waals surface area contributed by atoms with E-state index in [1.807, 2.05) is 6.92 Å². The molecule has 1 aromatic carbocycles. The van der Waals surface area contributed by atoms with Gasteiger partial charge < -0.3 is 0 Å². The predicted octanol–water partition coefficient (Wildman–Crippen LogP) is 3.03. The largest absolute Gasteiger partial charge is 0.270 e. The maximum absolute atomic E-state index is 10.7. The number of halogens is 1. The quantitative estimate of drug-likeness (QED) is 0.476. The fourth-order valence-electron chi connectivity index (χ4n) is 1.28. The number of hydrogen-bond donors (Lipinski definition) is 0. The van der Waals surface area contributed by atoms with E-state index in [4.69, 9.17) is 0 Å². The molecule has 2 aromatic rings. The molecular weight excluding hydrogens is 341 g/mol. The van der Waals surface area contributed by atoms with Crippen LogP contribution < -0.4 is 0 Å². The summed E-state index contributed by atoms with van der Waals surface area (Å²) < 4.78 is 4.97. The van der Waals surface area contributed by atoms with Gasteiger partial charge >= 0.3 is 0 Å². The summed E-state index contributed by atoms with van der Waals surface area (Å²) >= 11 is 3.35. The molecule has 1 aromatic heterocycles. The second-order valence-electron chi connectivity index (χ2n) is 3.13. The van der Waals surface area contributed by atoms with Crippen LogP contribution in [-0.2, 0) is 0 Å². The van der Waals surface area contributed by atoms with Gasteiger partial charge in [0.15, 0.2) is 8.84 Å². The zero-order valence-corrected chi connectivity index (χ0v) is 11.2. The molecular formula is C9H6IN3O2S. The zero-order valence-electron chi connectivity index (χ0n) is 8.18. The van der Waals surface area contributed by atoms with E-state index in [1.54, 1.807) is 6.07 Å². The van der Waals surface area contributed by atoms with Gasteiger partial charge in [-0.3, -0.25) is 10.1 Å². The summed E-state index contributed by atoms with van der Waals surface area (Å²) in [6, 6.07) is 4.70. The van der Waals surface area contributed by atoms with Crippen LogP contribution in [0.5, 0.6) is 0 Å². The van der Waals surface area contributed by atoms with Gasteiger partial charge in [-0.1, -0.05) is 6.07 Å². The lowest BCUT2D eigenvalue weighted by molar-refractivity contribution is -0.384. The van der Waals surface area contributed by atoms with Crippen LogP contribution >= 0.6 is 34.1 Å². The first-order chi connectivity index (χ1) is 7.58. The van der Waals surface area contributed by atoms with E-state index in [0.717, 1.165) is 8.58 Å². The molecule has 0 bridgehead atoms. The fraction of sp³-hybridized carbons (Fsp3) is 0.111. The van der Waals surface area contributed by atoms with Crippen LogP contribution in [0.25, 0.3) is 11.4 Å². The average Bonchev–Trinajstić information content (AvgIpc) is 2.65. The van der Waals surface area contributed by atoms with Gasteiger partial charge in [-0.05, 0) is 46.6 Å². The molecule has 0 N–H and O–H groups in total. The highest BCUT2D eigenvalue weighted by Gasteiger charge is 2.13. The van der Waals surface area contributed by atoms with Gasteiger partial charge in [0.25, 0.3) is 5.69 Å². The van der Waals surface area contributed by atoms with E-state index >= 15 is 0 Å². The minimum absolute atomic E-state index is 0.0606. The third-order valence-electron chi connectivity index (χ3n) is 2.07. The molecule has 0 spiro atoms. The summed E-state index contributed by atoms with van der Waals surface area (Å²) in [5, 5.41) is 10.7. The van der Waals surface area contributed by atoms with Crippen LogP contribution in [0.4, 0.5) is 5.69 Å². The van der Waals surface area contributed by atoms with E-state index in [9.17, 15) is 10.1 Å². The lowest BCUT2D eigenvalue weighted by atomic mass is 10.1. The van der Waals surface area contributed by atoms with Gasteiger partial charge in [0.05, 0.1) is 4.92 Å². The minimum Gasteiger partial charge on any atom is -0.258 e. The Kier molecular flexibility index (Phi) is 3.15. The number of aromatic nitrogens is 2. The van der Waals surface area contributed by atoms with E-state index in [1.165, 1.54) is 23.7 Å². The topological polar surface area (TPSA) is 68.9 Å². The van der Waals surface area contributed by atoms with Gasteiger partial charge in [-0.2, -0.15) is 4.37 Å². The molecule has 0 fully saturated rings. The Balaban J connectivity index is 2.55. The smallest absolute Gasteiger partial charge is 0.258 e. The molecule has 7 heteroatoms. The van der Waals surface area contributed by atoms with Crippen LogP contribution in [0.1, 0.15) is 5.56 Å². The number of aryl methyl sites for hydroxylation is 1. The summed E-state index contributed by atoms with van der Waals surface area (Å²) in [6.45, 7) is 1.88. The van der Waals surface area contributed by atoms with Gasteiger partial charge in [-0.25, -0.2) is 4.98 Å². The summed E-state index contributed by atoms with van der Waals surface area (Å²) in [7, 11) is 0. The number of benzene rings is 1. The molecule has 0 saturated carbocycles.